The van der Waals surface area contributed by atoms with Crippen molar-refractivity contribution < 1.29 is 27.1 Å². The van der Waals surface area contributed by atoms with Crippen LogP contribution in [0.4, 0.5) is 10.1 Å². The van der Waals surface area contributed by atoms with E-state index in [1.807, 2.05) is 20.8 Å². The van der Waals surface area contributed by atoms with Gasteiger partial charge in [-0.1, -0.05) is 24.3 Å². The number of amides is 2. The van der Waals surface area contributed by atoms with E-state index >= 15 is 0 Å². The molecule has 10 heteroatoms. The zero-order chi connectivity index (χ0) is 26.9. The first-order valence-electron chi connectivity index (χ1n) is 12.0. The first-order chi connectivity index (χ1) is 16.9. The fourth-order valence-electron chi connectivity index (χ4n) is 3.70. The van der Waals surface area contributed by atoms with Crippen molar-refractivity contribution in [3.05, 3.63) is 59.9 Å². The Hall–Kier alpha value is -3.14. The molecule has 0 spiro atoms. The summed E-state index contributed by atoms with van der Waals surface area (Å²) in [6, 6.07) is 11.7. The molecule has 2 aromatic rings. The van der Waals surface area contributed by atoms with Crippen molar-refractivity contribution in [2.24, 2.45) is 0 Å². The van der Waals surface area contributed by atoms with E-state index in [1.54, 1.807) is 43.3 Å². The summed E-state index contributed by atoms with van der Waals surface area (Å²) in [7, 11) is -3.64. The van der Waals surface area contributed by atoms with Gasteiger partial charge in [-0.05, 0) is 63.9 Å². The number of benzene rings is 2. The van der Waals surface area contributed by atoms with Crippen LogP contribution in [0.2, 0.25) is 0 Å². The van der Waals surface area contributed by atoms with E-state index in [0.29, 0.717) is 23.6 Å². The third-order valence-corrected chi connectivity index (χ3v) is 6.63. The Balaban J connectivity index is 2.20. The number of hydrogen-bond acceptors (Lipinski definition) is 5. The zero-order valence-corrected chi connectivity index (χ0v) is 22.3. The van der Waals surface area contributed by atoms with Crippen LogP contribution in [-0.2, 0) is 26.2 Å². The number of carbonyl (C=O) groups is 2. The maximum Gasteiger partial charge on any atom is 0.242 e. The van der Waals surface area contributed by atoms with Crippen molar-refractivity contribution >= 4 is 27.5 Å². The van der Waals surface area contributed by atoms with Crippen LogP contribution in [0.3, 0.4) is 0 Å². The summed E-state index contributed by atoms with van der Waals surface area (Å²) in [6.45, 7) is 7.67. The average molecular weight is 522 g/mol. The molecular formula is C26H36FN3O5S. The Kier molecular flexibility index (Phi) is 10.7. The van der Waals surface area contributed by atoms with Gasteiger partial charge in [0.05, 0.1) is 18.6 Å². The Labute approximate surface area is 213 Å². The summed E-state index contributed by atoms with van der Waals surface area (Å²) in [6.07, 6.45) is 1.35. The molecule has 0 bridgehead atoms. The smallest absolute Gasteiger partial charge is 0.242 e. The number of hydrogen-bond donors (Lipinski definition) is 1. The minimum atomic E-state index is -3.64. The van der Waals surface area contributed by atoms with Gasteiger partial charge in [-0.15, -0.1) is 0 Å². The average Bonchev–Trinajstić information content (AvgIpc) is 2.80. The lowest BCUT2D eigenvalue weighted by Crippen LogP contribution is -2.49. The largest absolute Gasteiger partial charge is 0.492 e. The van der Waals surface area contributed by atoms with Gasteiger partial charge in [0.25, 0.3) is 0 Å². The van der Waals surface area contributed by atoms with Crippen molar-refractivity contribution in [1.29, 1.82) is 0 Å². The van der Waals surface area contributed by atoms with Gasteiger partial charge >= 0.3 is 0 Å². The highest BCUT2D eigenvalue weighted by Gasteiger charge is 2.27. The minimum absolute atomic E-state index is 0.0172. The van der Waals surface area contributed by atoms with Gasteiger partial charge in [0, 0.05) is 25.6 Å². The fraction of sp³-hybridized carbons (Fsp3) is 0.462. The molecule has 0 fully saturated rings. The molecule has 0 unspecified atom stereocenters. The normalized spacial score (nSPS) is 12.2. The summed E-state index contributed by atoms with van der Waals surface area (Å²) >= 11 is 0. The van der Waals surface area contributed by atoms with Gasteiger partial charge in [-0.25, -0.2) is 12.8 Å². The first-order valence-corrected chi connectivity index (χ1v) is 13.8. The SMILES string of the molecule is CCOc1ccccc1N(CCCC(=O)N(Cc1ccc(F)cc1)[C@H](C)C(=O)NC(C)C)S(C)(=O)=O. The summed E-state index contributed by atoms with van der Waals surface area (Å²) in [4.78, 5) is 27.4. The summed E-state index contributed by atoms with van der Waals surface area (Å²) in [5.74, 6) is -0.565. The third-order valence-electron chi connectivity index (χ3n) is 5.45. The van der Waals surface area contributed by atoms with Crippen LogP contribution in [0, 0.1) is 5.82 Å². The fourth-order valence-corrected chi connectivity index (χ4v) is 4.67. The Morgan fingerprint density at radius 2 is 1.69 bits per heavy atom. The van der Waals surface area contributed by atoms with E-state index < -0.39 is 21.9 Å². The topological polar surface area (TPSA) is 96.0 Å². The number of ether oxygens (including phenoxy) is 1. The second kappa shape index (κ2) is 13.2. The first kappa shape index (κ1) is 29.1. The Morgan fingerprint density at radius 1 is 1.06 bits per heavy atom. The van der Waals surface area contributed by atoms with Crippen LogP contribution in [-0.4, -0.2) is 56.6 Å². The maximum absolute atomic E-state index is 13.4. The molecule has 1 N–H and O–H groups in total. The maximum atomic E-state index is 13.4. The molecule has 0 aliphatic heterocycles. The van der Waals surface area contributed by atoms with Crippen molar-refractivity contribution in [2.45, 2.75) is 59.2 Å². The molecule has 8 nitrogen and oxygen atoms in total. The van der Waals surface area contributed by atoms with Gasteiger partial charge in [-0.3, -0.25) is 13.9 Å². The number of rotatable bonds is 13. The van der Waals surface area contributed by atoms with Crippen LogP contribution >= 0.6 is 0 Å². The van der Waals surface area contributed by atoms with Crippen molar-refractivity contribution in [3.8, 4) is 5.75 Å². The summed E-state index contributed by atoms with van der Waals surface area (Å²) in [5.41, 5.74) is 1.08. The molecule has 198 valence electrons. The number of halogens is 1. The predicted octanol–water partition coefficient (Wildman–Crippen LogP) is 3.71. The van der Waals surface area contributed by atoms with Crippen LogP contribution in [0.1, 0.15) is 46.1 Å². The number of sulfonamides is 1. The Bertz CT molecular complexity index is 1120. The van der Waals surface area contributed by atoms with E-state index in [-0.39, 0.29) is 43.8 Å². The molecule has 2 amide bonds. The second-order valence-electron chi connectivity index (χ2n) is 8.83. The lowest BCUT2D eigenvalue weighted by molar-refractivity contribution is -0.140. The van der Waals surface area contributed by atoms with Crippen LogP contribution in [0.15, 0.2) is 48.5 Å². The van der Waals surface area contributed by atoms with E-state index in [9.17, 15) is 22.4 Å². The number of nitrogens with zero attached hydrogens (tertiary/aromatic N) is 2. The molecule has 2 rings (SSSR count). The molecular weight excluding hydrogens is 485 g/mol. The molecule has 1 atom stereocenters. The molecule has 0 saturated carbocycles. The number of anilines is 1. The predicted molar refractivity (Wildman–Crippen MR) is 139 cm³/mol. The molecule has 2 aromatic carbocycles. The highest BCUT2D eigenvalue weighted by molar-refractivity contribution is 7.92. The van der Waals surface area contributed by atoms with Crippen LogP contribution < -0.4 is 14.4 Å². The van der Waals surface area contributed by atoms with Crippen LogP contribution in [0.5, 0.6) is 5.75 Å². The zero-order valence-electron chi connectivity index (χ0n) is 21.5. The summed E-state index contributed by atoms with van der Waals surface area (Å²) in [5, 5.41) is 2.81. The molecule has 0 radical (unpaired) electrons. The quantitative estimate of drug-likeness (QED) is 0.434. The van der Waals surface area contributed by atoms with E-state index in [1.165, 1.54) is 21.3 Å². The van der Waals surface area contributed by atoms with Crippen molar-refractivity contribution in [1.82, 2.24) is 10.2 Å². The number of nitrogens with one attached hydrogen (secondary N) is 1. The standard InChI is InChI=1S/C26H36FN3O5S/c1-6-35-24-11-8-7-10-23(24)30(36(5,33)34)17-9-12-25(31)29(20(4)26(32)28-19(2)3)18-21-13-15-22(27)16-14-21/h7-8,10-11,13-16,19-20H,6,9,12,17-18H2,1-5H3,(H,28,32)/t20-/m1/s1. The number of para-hydroxylation sites is 2. The summed E-state index contributed by atoms with van der Waals surface area (Å²) < 4.78 is 45.3. The second-order valence-corrected chi connectivity index (χ2v) is 10.7. The van der Waals surface area contributed by atoms with E-state index in [4.69, 9.17) is 4.74 Å². The molecule has 0 heterocycles. The van der Waals surface area contributed by atoms with Gasteiger partial charge in [0.2, 0.25) is 21.8 Å². The van der Waals surface area contributed by atoms with Gasteiger partial charge in [-0.2, -0.15) is 0 Å². The molecule has 36 heavy (non-hydrogen) atoms. The lowest BCUT2D eigenvalue weighted by Gasteiger charge is -2.30. The van der Waals surface area contributed by atoms with Gasteiger partial charge in [0.15, 0.2) is 0 Å². The van der Waals surface area contributed by atoms with E-state index in [0.717, 1.165) is 6.26 Å². The molecule has 0 aliphatic rings. The highest BCUT2D eigenvalue weighted by atomic mass is 32.2. The molecule has 0 saturated heterocycles. The van der Waals surface area contributed by atoms with E-state index in [2.05, 4.69) is 5.32 Å². The molecule has 0 aromatic heterocycles. The van der Waals surface area contributed by atoms with Gasteiger partial charge in [0.1, 0.15) is 17.6 Å². The Morgan fingerprint density at radius 3 is 2.28 bits per heavy atom. The number of carbonyl (C=O) groups excluding carboxylic acids is 2. The minimum Gasteiger partial charge on any atom is -0.492 e. The highest BCUT2D eigenvalue weighted by Crippen LogP contribution is 2.30. The van der Waals surface area contributed by atoms with Crippen molar-refractivity contribution in [3.63, 3.8) is 0 Å². The van der Waals surface area contributed by atoms with Crippen LogP contribution in [0.25, 0.3) is 0 Å². The lowest BCUT2D eigenvalue weighted by atomic mass is 10.1. The van der Waals surface area contributed by atoms with Crippen molar-refractivity contribution in [2.75, 3.05) is 23.7 Å². The monoisotopic (exact) mass is 521 g/mol. The van der Waals surface area contributed by atoms with Gasteiger partial charge < -0.3 is 15.0 Å². The molecule has 0 aliphatic carbocycles. The third kappa shape index (κ3) is 8.51.